The number of amides is 1. The summed E-state index contributed by atoms with van der Waals surface area (Å²) in [5.74, 6) is 0.269. The number of hydrogen-bond acceptors (Lipinski definition) is 1. The summed E-state index contributed by atoms with van der Waals surface area (Å²) in [6.45, 7) is 4.95. The molecule has 0 aromatic heterocycles. The first kappa shape index (κ1) is 21.2. The lowest BCUT2D eigenvalue weighted by Crippen LogP contribution is -3.00. The van der Waals surface area contributed by atoms with Gasteiger partial charge in [-0.1, -0.05) is 58.3 Å². The SMILES string of the molecule is CCCCCCCCCCCC[N+](C)(C)C(C)=O.[Cl-]. The first-order valence-corrected chi connectivity index (χ1v) is 7.85. The Balaban J connectivity index is 0. The van der Waals surface area contributed by atoms with Crippen LogP contribution < -0.4 is 12.4 Å². The molecule has 0 atom stereocenters. The minimum Gasteiger partial charge on any atom is -1.00 e. The normalized spacial score (nSPS) is 11.2. The summed E-state index contributed by atoms with van der Waals surface area (Å²) >= 11 is 0. The van der Waals surface area contributed by atoms with E-state index < -0.39 is 0 Å². The number of quaternary nitrogens is 1. The van der Waals surface area contributed by atoms with E-state index >= 15 is 0 Å². The number of hydrogen-bond donors (Lipinski definition) is 0. The third-order valence-corrected chi connectivity index (χ3v) is 3.92. The van der Waals surface area contributed by atoms with Crippen molar-refractivity contribution in [3.8, 4) is 0 Å². The van der Waals surface area contributed by atoms with E-state index in [1.165, 1.54) is 64.2 Å². The van der Waals surface area contributed by atoms with Crippen LogP contribution in [0.4, 0.5) is 0 Å². The molecule has 0 radical (unpaired) electrons. The van der Waals surface area contributed by atoms with Gasteiger partial charge in [-0.25, -0.2) is 4.79 Å². The molecule has 0 heterocycles. The number of unbranched alkanes of at least 4 members (excludes halogenated alkanes) is 9. The third-order valence-electron chi connectivity index (χ3n) is 3.92. The van der Waals surface area contributed by atoms with Gasteiger partial charge in [-0.2, -0.15) is 0 Å². The van der Waals surface area contributed by atoms with Gasteiger partial charge < -0.3 is 12.4 Å². The van der Waals surface area contributed by atoms with Gasteiger partial charge in [0.2, 0.25) is 0 Å². The molecule has 0 saturated heterocycles. The van der Waals surface area contributed by atoms with Gasteiger partial charge >= 0.3 is 5.91 Å². The van der Waals surface area contributed by atoms with Gasteiger partial charge in [0.25, 0.3) is 0 Å². The average molecular weight is 292 g/mol. The summed E-state index contributed by atoms with van der Waals surface area (Å²) in [7, 11) is 4.02. The second-order valence-corrected chi connectivity index (χ2v) is 6.11. The zero-order chi connectivity index (χ0) is 13.9. The van der Waals surface area contributed by atoms with Crippen molar-refractivity contribution >= 4 is 5.91 Å². The molecule has 0 spiro atoms. The molecule has 0 aromatic rings. The molecular weight excluding hydrogens is 258 g/mol. The Bertz CT molecular complexity index is 217. The minimum atomic E-state index is 0. The van der Waals surface area contributed by atoms with Crippen LogP contribution in [0.5, 0.6) is 0 Å². The molecule has 0 aliphatic heterocycles. The van der Waals surface area contributed by atoms with E-state index in [2.05, 4.69) is 6.92 Å². The lowest BCUT2D eigenvalue weighted by Gasteiger charge is -2.25. The Labute approximate surface area is 126 Å². The third kappa shape index (κ3) is 12.7. The molecule has 0 aliphatic rings. The maximum Gasteiger partial charge on any atom is 0.310 e. The minimum absolute atomic E-state index is 0. The van der Waals surface area contributed by atoms with Gasteiger partial charge in [-0.15, -0.1) is 0 Å². The standard InChI is InChI=1S/C16H34NO.ClH/c1-5-6-7-8-9-10-11-12-13-14-15-17(3,4)16(2)18;/h5-15H2,1-4H3;1H/q+1;/p-1. The largest absolute Gasteiger partial charge is 1.00 e. The Hall–Kier alpha value is -0.0800. The fraction of sp³-hybridized carbons (Fsp3) is 0.938. The molecule has 3 heteroatoms. The smallest absolute Gasteiger partial charge is 0.310 e. The number of nitrogens with zero attached hydrogens (tertiary/aromatic N) is 1. The topological polar surface area (TPSA) is 17.1 Å². The monoisotopic (exact) mass is 291 g/mol. The van der Waals surface area contributed by atoms with Crippen molar-refractivity contribution in [3.05, 3.63) is 0 Å². The van der Waals surface area contributed by atoms with E-state index in [9.17, 15) is 4.79 Å². The van der Waals surface area contributed by atoms with Gasteiger partial charge in [0.1, 0.15) is 0 Å². The first-order valence-electron chi connectivity index (χ1n) is 7.85. The van der Waals surface area contributed by atoms with Crippen LogP contribution in [0.1, 0.15) is 78.1 Å². The first-order chi connectivity index (χ1) is 8.50. The molecule has 0 unspecified atom stereocenters. The predicted molar refractivity (Wildman–Crippen MR) is 79.5 cm³/mol. The van der Waals surface area contributed by atoms with Gasteiger partial charge in [-0.3, -0.25) is 4.48 Å². The number of carbonyl (C=O) groups is 1. The van der Waals surface area contributed by atoms with Crippen molar-refractivity contribution in [2.45, 2.75) is 78.1 Å². The second-order valence-electron chi connectivity index (χ2n) is 6.11. The van der Waals surface area contributed by atoms with E-state index in [1.54, 1.807) is 6.92 Å². The van der Waals surface area contributed by atoms with Crippen LogP contribution in [0.15, 0.2) is 0 Å². The van der Waals surface area contributed by atoms with Crippen LogP contribution >= 0.6 is 0 Å². The van der Waals surface area contributed by atoms with Crippen LogP contribution in [0.2, 0.25) is 0 Å². The van der Waals surface area contributed by atoms with Crippen molar-refractivity contribution in [2.75, 3.05) is 20.6 Å². The Morgan fingerprint density at radius 2 is 1.16 bits per heavy atom. The Morgan fingerprint density at radius 3 is 1.53 bits per heavy atom. The molecule has 0 aromatic carbocycles. The van der Waals surface area contributed by atoms with Gasteiger partial charge in [-0.05, 0) is 12.8 Å². The highest BCUT2D eigenvalue weighted by molar-refractivity contribution is 5.65. The van der Waals surface area contributed by atoms with Crippen molar-refractivity contribution in [3.63, 3.8) is 0 Å². The van der Waals surface area contributed by atoms with E-state index in [0.717, 1.165) is 6.54 Å². The summed E-state index contributed by atoms with van der Waals surface area (Å²) in [6, 6.07) is 0. The summed E-state index contributed by atoms with van der Waals surface area (Å²) in [5, 5.41) is 0. The molecule has 116 valence electrons. The van der Waals surface area contributed by atoms with Gasteiger partial charge in [0, 0.05) is 0 Å². The molecule has 0 rings (SSSR count). The maximum absolute atomic E-state index is 11.3. The van der Waals surface area contributed by atoms with E-state index in [4.69, 9.17) is 0 Å². The fourth-order valence-electron chi connectivity index (χ4n) is 2.15. The zero-order valence-electron chi connectivity index (χ0n) is 13.5. The zero-order valence-corrected chi connectivity index (χ0v) is 14.3. The highest BCUT2D eigenvalue weighted by Crippen LogP contribution is 2.11. The van der Waals surface area contributed by atoms with Crippen LogP contribution in [-0.2, 0) is 4.79 Å². The molecule has 2 nitrogen and oxygen atoms in total. The Morgan fingerprint density at radius 1 is 0.789 bits per heavy atom. The summed E-state index contributed by atoms with van der Waals surface area (Å²) < 4.78 is 0.539. The van der Waals surface area contributed by atoms with Gasteiger partial charge in [0.05, 0.1) is 27.6 Å². The highest BCUT2D eigenvalue weighted by atomic mass is 35.5. The second kappa shape index (κ2) is 12.9. The number of halogens is 1. The molecule has 0 fully saturated rings. The van der Waals surface area contributed by atoms with Crippen LogP contribution in [0.3, 0.4) is 0 Å². The van der Waals surface area contributed by atoms with E-state index in [-0.39, 0.29) is 18.3 Å². The molecule has 0 aliphatic carbocycles. The number of rotatable bonds is 11. The maximum atomic E-state index is 11.3. The molecule has 0 N–H and O–H groups in total. The number of carbonyl (C=O) groups excluding carboxylic acids is 1. The van der Waals surface area contributed by atoms with Crippen LogP contribution in [0, 0.1) is 0 Å². The van der Waals surface area contributed by atoms with Gasteiger partial charge in [0.15, 0.2) is 0 Å². The van der Waals surface area contributed by atoms with Crippen LogP contribution in [-0.4, -0.2) is 31.0 Å². The van der Waals surface area contributed by atoms with Crippen molar-refractivity contribution < 1.29 is 21.7 Å². The quantitative estimate of drug-likeness (QED) is 0.417. The summed E-state index contributed by atoms with van der Waals surface area (Å²) in [6.07, 6.45) is 13.6. The molecule has 19 heavy (non-hydrogen) atoms. The molecular formula is C16H34ClNO. The average Bonchev–Trinajstić information content (AvgIpc) is 2.31. The lowest BCUT2D eigenvalue weighted by atomic mass is 10.1. The molecule has 0 saturated carbocycles. The summed E-state index contributed by atoms with van der Waals surface area (Å²) in [5.41, 5.74) is 0. The fourth-order valence-corrected chi connectivity index (χ4v) is 2.15. The van der Waals surface area contributed by atoms with Crippen molar-refractivity contribution in [1.29, 1.82) is 0 Å². The van der Waals surface area contributed by atoms with E-state index in [0.29, 0.717) is 4.48 Å². The van der Waals surface area contributed by atoms with Crippen molar-refractivity contribution in [2.24, 2.45) is 0 Å². The van der Waals surface area contributed by atoms with Crippen molar-refractivity contribution in [1.82, 2.24) is 0 Å². The van der Waals surface area contributed by atoms with E-state index in [1.807, 2.05) is 14.1 Å². The Kier molecular flexibility index (Phi) is 14.4. The predicted octanol–water partition coefficient (Wildman–Crippen LogP) is 1.53. The molecule has 1 amide bonds. The lowest BCUT2D eigenvalue weighted by molar-refractivity contribution is -0.813. The highest BCUT2D eigenvalue weighted by Gasteiger charge is 2.20. The summed E-state index contributed by atoms with van der Waals surface area (Å²) in [4.78, 5) is 11.3. The van der Waals surface area contributed by atoms with Crippen LogP contribution in [0.25, 0.3) is 0 Å². The molecule has 0 bridgehead atoms.